The predicted molar refractivity (Wildman–Crippen MR) is 226 cm³/mol. The molecule has 0 saturated carbocycles. The second kappa shape index (κ2) is 11.9. The summed E-state index contributed by atoms with van der Waals surface area (Å²) in [6.45, 7) is 0. The van der Waals surface area contributed by atoms with Crippen molar-refractivity contribution >= 4 is 38.5 Å². The van der Waals surface area contributed by atoms with Crippen LogP contribution in [0.3, 0.4) is 0 Å². The first-order valence-electron chi connectivity index (χ1n) is 18.8. The maximum Gasteiger partial charge on any atom is 0.164 e. The van der Waals surface area contributed by atoms with Gasteiger partial charge in [-0.1, -0.05) is 152 Å². The lowest BCUT2D eigenvalue weighted by atomic mass is 9.75. The number of nitrogens with zero attached hydrogens (tertiary/aromatic N) is 4. The third-order valence-corrected chi connectivity index (χ3v) is 12.6. The van der Waals surface area contributed by atoms with Gasteiger partial charge in [-0.25, -0.2) is 15.0 Å². The highest BCUT2D eigenvalue weighted by Crippen LogP contribution is 2.68. The average molecular weight is 735 g/mol. The van der Waals surface area contributed by atoms with Crippen LogP contribution < -0.4 is 9.64 Å². The van der Waals surface area contributed by atoms with Crippen LogP contribution in [-0.4, -0.2) is 15.0 Å². The molecule has 1 unspecified atom stereocenters. The zero-order valence-corrected chi connectivity index (χ0v) is 30.7. The molecule has 0 amide bonds. The number of anilines is 2. The van der Waals surface area contributed by atoms with E-state index in [0.717, 1.165) is 56.4 Å². The second-order valence-electron chi connectivity index (χ2n) is 14.3. The van der Waals surface area contributed by atoms with Crippen molar-refractivity contribution in [3.05, 3.63) is 209 Å². The Morgan fingerprint density at radius 3 is 1.86 bits per heavy atom. The lowest BCUT2D eigenvalue weighted by molar-refractivity contribution is 0.371. The molecule has 9 aromatic rings. The molecule has 0 N–H and O–H groups in total. The molecule has 262 valence electrons. The maximum atomic E-state index is 7.42. The highest BCUT2D eigenvalue weighted by atomic mass is 32.1. The maximum absolute atomic E-state index is 7.42. The van der Waals surface area contributed by atoms with E-state index in [9.17, 15) is 0 Å². The molecule has 0 fully saturated rings. The van der Waals surface area contributed by atoms with Crippen molar-refractivity contribution in [1.29, 1.82) is 0 Å². The first-order chi connectivity index (χ1) is 27.8. The fourth-order valence-corrected chi connectivity index (χ4v) is 10.4. The monoisotopic (exact) mass is 734 g/mol. The summed E-state index contributed by atoms with van der Waals surface area (Å²) >= 11 is 1.85. The molecular formula is C50H30N4OS. The van der Waals surface area contributed by atoms with Crippen molar-refractivity contribution in [2.75, 3.05) is 4.90 Å². The average Bonchev–Trinajstić information content (AvgIpc) is 3.90. The zero-order chi connectivity index (χ0) is 36.8. The molecule has 0 radical (unpaired) electrons. The van der Waals surface area contributed by atoms with Crippen LogP contribution >= 0.6 is 11.3 Å². The van der Waals surface area contributed by atoms with Gasteiger partial charge in [0.05, 0.1) is 11.4 Å². The standard InChI is InChI=1S/C50H30N4OS/c1-4-17-31(18-5-1)47-51-48(32-19-6-2-7-20-32)53-49(52-47)37-26-16-25-35-34-23-10-12-27-38(34)50(43(35)37)45-44(42-36-24-11-15-30-41(36)56-46(42)50)54(33-21-8-3-9-22-33)39-28-13-14-29-40(39)55-45/h1-30H. The topological polar surface area (TPSA) is 51.1 Å². The van der Waals surface area contributed by atoms with Crippen LogP contribution in [-0.2, 0) is 5.41 Å². The van der Waals surface area contributed by atoms with Crippen LogP contribution in [0.4, 0.5) is 11.4 Å². The van der Waals surface area contributed by atoms with E-state index < -0.39 is 5.41 Å². The number of hydrogen-bond acceptors (Lipinski definition) is 6. The van der Waals surface area contributed by atoms with Gasteiger partial charge < -0.3 is 9.64 Å². The third kappa shape index (κ3) is 4.27. The van der Waals surface area contributed by atoms with Crippen molar-refractivity contribution in [3.8, 4) is 51.0 Å². The van der Waals surface area contributed by atoms with Gasteiger partial charge in [0, 0.05) is 42.9 Å². The van der Waals surface area contributed by atoms with Crippen LogP contribution in [0.2, 0.25) is 0 Å². The van der Waals surface area contributed by atoms with E-state index in [-0.39, 0.29) is 0 Å². The lowest BCUT2D eigenvalue weighted by Gasteiger charge is -2.37. The number of hydrogen-bond donors (Lipinski definition) is 0. The molecule has 2 aliphatic carbocycles. The van der Waals surface area contributed by atoms with Gasteiger partial charge in [-0.05, 0) is 52.6 Å². The van der Waals surface area contributed by atoms with Crippen molar-refractivity contribution in [2.24, 2.45) is 0 Å². The lowest BCUT2D eigenvalue weighted by Crippen LogP contribution is -2.33. The second-order valence-corrected chi connectivity index (χ2v) is 15.3. The molecule has 0 saturated heterocycles. The van der Waals surface area contributed by atoms with Gasteiger partial charge in [-0.3, -0.25) is 0 Å². The highest BCUT2D eigenvalue weighted by Gasteiger charge is 2.60. The van der Waals surface area contributed by atoms with E-state index in [2.05, 4.69) is 150 Å². The Morgan fingerprint density at radius 2 is 1.09 bits per heavy atom. The Morgan fingerprint density at radius 1 is 0.500 bits per heavy atom. The summed E-state index contributed by atoms with van der Waals surface area (Å²) in [7, 11) is 0. The summed E-state index contributed by atoms with van der Waals surface area (Å²) in [5.41, 5.74) is 11.0. The van der Waals surface area contributed by atoms with Crippen molar-refractivity contribution in [2.45, 2.75) is 5.41 Å². The van der Waals surface area contributed by atoms with Crippen LogP contribution in [0.1, 0.15) is 21.6 Å². The van der Waals surface area contributed by atoms with E-state index in [0.29, 0.717) is 17.5 Å². The highest BCUT2D eigenvalue weighted by molar-refractivity contribution is 7.19. The fourth-order valence-electron chi connectivity index (χ4n) is 9.03. The summed E-state index contributed by atoms with van der Waals surface area (Å²) in [6.07, 6.45) is 0. The molecule has 5 nitrogen and oxygen atoms in total. The summed E-state index contributed by atoms with van der Waals surface area (Å²) in [5.74, 6) is 3.59. The normalized spacial score (nSPS) is 16.0. The van der Waals surface area contributed by atoms with E-state index >= 15 is 0 Å². The molecule has 12 rings (SSSR count). The quantitative estimate of drug-likeness (QED) is 0.180. The van der Waals surface area contributed by atoms with Gasteiger partial charge in [0.2, 0.25) is 0 Å². The Labute approximate surface area is 327 Å². The molecule has 1 aliphatic heterocycles. The zero-order valence-electron chi connectivity index (χ0n) is 29.9. The van der Waals surface area contributed by atoms with Gasteiger partial charge in [0.25, 0.3) is 0 Å². The SMILES string of the molecule is c1ccc(-c2nc(-c3ccccc3)nc(-c3cccc4c3C3(C5=C(c6c3sc3ccccc63)N(c3ccccc3)c3ccccc3O5)c3ccccc3-4)n2)cc1. The fraction of sp³-hybridized carbons (Fsp3) is 0.0200. The number of thiophene rings is 1. The molecule has 0 bridgehead atoms. The number of allylic oxidation sites excluding steroid dienone is 1. The Bertz CT molecular complexity index is 3010. The molecule has 1 spiro atoms. The molecular weight excluding hydrogens is 705 g/mol. The minimum atomic E-state index is -0.816. The number of rotatable bonds is 4. The van der Waals surface area contributed by atoms with Crippen molar-refractivity contribution in [1.82, 2.24) is 15.0 Å². The van der Waals surface area contributed by atoms with Crippen LogP contribution in [0.15, 0.2) is 188 Å². The van der Waals surface area contributed by atoms with Crippen molar-refractivity contribution < 1.29 is 4.74 Å². The van der Waals surface area contributed by atoms with E-state index in [1.807, 2.05) is 47.7 Å². The Balaban J connectivity index is 1.23. The Hall–Kier alpha value is -7.15. The number of ether oxygens (including phenoxy) is 1. The number of fused-ring (bicyclic) bond motifs is 12. The van der Waals surface area contributed by atoms with Gasteiger partial charge in [-0.2, -0.15) is 0 Å². The third-order valence-electron chi connectivity index (χ3n) is 11.3. The Kier molecular flexibility index (Phi) is 6.65. The predicted octanol–water partition coefficient (Wildman–Crippen LogP) is 12.3. The molecule has 2 aromatic heterocycles. The molecule has 56 heavy (non-hydrogen) atoms. The molecule has 6 heteroatoms. The van der Waals surface area contributed by atoms with Gasteiger partial charge in [-0.15, -0.1) is 11.3 Å². The smallest absolute Gasteiger partial charge is 0.164 e. The molecule has 3 aliphatic rings. The largest absolute Gasteiger partial charge is 0.456 e. The number of benzene rings is 7. The minimum Gasteiger partial charge on any atom is -0.456 e. The molecule has 7 aromatic carbocycles. The summed E-state index contributed by atoms with van der Waals surface area (Å²) in [5, 5.41) is 1.21. The van der Waals surface area contributed by atoms with Gasteiger partial charge in [0.15, 0.2) is 23.2 Å². The number of aromatic nitrogens is 3. The summed E-state index contributed by atoms with van der Waals surface area (Å²) < 4.78 is 8.65. The molecule has 1 atom stereocenters. The first kappa shape index (κ1) is 31.2. The molecule has 3 heterocycles. The van der Waals surface area contributed by atoms with Crippen LogP contribution in [0, 0.1) is 0 Å². The van der Waals surface area contributed by atoms with E-state index in [1.54, 1.807) is 0 Å². The van der Waals surface area contributed by atoms with E-state index in [1.165, 1.54) is 31.7 Å². The van der Waals surface area contributed by atoms with Crippen LogP contribution in [0.5, 0.6) is 5.75 Å². The minimum absolute atomic E-state index is 0.620. The van der Waals surface area contributed by atoms with E-state index in [4.69, 9.17) is 19.7 Å². The van der Waals surface area contributed by atoms with Gasteiger partial charge in [0.1, 0.15) is 11.2 Å². The van der Waals surface area contributed by atoms with Crippen molar-refractivity contribution in [3.63, 3.8) is 0 Å². The summed E-state index contributed by atoms with van der Waals surface area (Å²) in [6, 6.07) is 63.7. The number of para-hydroxylation sites is 3. The summed E-state index contributed by atoms with van der Waals surface area (Å²) in [4.78, 5) is 19.3. The first-order valence-corrected chi connectivity index (χ1v) is 19.6. The van der Waals surface area contributed by atoms with Gasteiger partial charge >= 0.3 is 0 Å². The van der Waals surface area contributed by atoms with Crippen LogP contribution in [0.25, 0.3) is 61.1 Å².